The van der Waals surface area contributed by atoms with Gasteiger partial charge in [-0.3, -0.25) is 10.1 Å². The van der Waals surface area contributed by atoms with Crippen molar-refractivity contribution in [2.45, 2.75) is 4.90 Å². The van der Waals surface area contributed by atoms with E-state index < -0.39 is 20.6 Å². The van der Waals surface area contributed by atoms with E-state index in [2.05, 4.69) is 9.88 Å². The first kappa shape index (κ1) is 20.8. The zero-order valence-corrected chi connectivity index (χ0v) is 17.9. The monoisotopic (exact) mass is 467 g/mol. The summed E-state index contributed by atoms with van der Waals surface area (Å²) in [7, 11) is -3.87. The highest BCUT2D eigenvalue weighted by molar-refractivity contribution is 7.89. The van der Waals surface area contributed by atoms with Gasteiger partial charge in [-0.05, 0) is 24.3 Å². The maximum atomic E-state index is 13.0. The SMILES string of the molecule is O=[N+]([O-])c1cc(S(=O)(=O)N2CCN(c3cc[nH+]c4cc(Cl)ccc34)CC2)ccc1Cl. The molecular formula is C19H17Cl2N4O4S+. The minimum atomic E-state index is -3.87. The molecule has 1 aliphatic rings. The molecule has 156 valence electrons. The maximum Gasteiger partial charge on any atom is 0.289 e. The number of piperazine rings is 1. The first-order chi connectivity index (χ1) is 14.3. The second-order valence-electron chi connectivity index (χ2n) is 6.81. The van der Waals surface area contributed by atoms with Crippen LogP contribution < -0.4 is 9.88 Å². The van der Waals surface area contributed by atoms with E-state index in [9.17, 15) is 18.5 Å². The van der Waals surface area contributed by atoms with Crippen LogP contribution in [0.15, 0.2) is 53.6 Å². The van der Waals surface area contributed by atoms with Crippen molar-refractivity contribution in [3.63, 3.8) is 0 Å². The van der Waals surface area contributed by atoms with Gasteiger partial charge in [0.2, 0.25) is 15.5 Å². The lowest BCUT2D eigenvalue weighted by Crippen LogP contribution is -2.48. The Bertz CT molecular complexity index is 1240. The fourth-order valence-electron chi connectivity index (χ4n) is 3.55. The van der Waals surface area contributed by atoms with E-state index in [0.717, 1.165) is 22.7 Å². The molecule has 2 heterocycles. The van der Waals surface area contributed by atoms with Crippen molar-refractivity contribution >= 4 is 55.5 Å². The van der Waals surface area contributed by atoms with Crippen LogP contribution in [0.3, 0.4) is 0 Å². The highest BCUT2D eigenvalue weighted by Gasteiger charge is 2.31. The fourth-order valence-corrected chi connectivity index (χ4v) is 5.35. The second kappa shape index (κ2) is 7.99. The number of aromatic amines is 1. The lowest BCUT2D eigenvalue weighted by Gasteiger charge is -2.35. The standard InChI is InChI=1S/C19H16Cl2N4O4S/c20-13-1-3-15-17(11-13)22-6-5-18(15)23-7-9-24(10-8-23)30(28,29)14-2-4-16(21)19(12-14)25(26)27/h1-6,11-12H,7-10H2/p+1. The van der Waals surface area contributed by atoms with Gasteiger partial charge in [0, 0.05) is 49.4 Å². The van der Waals surface area contributed by atoms with Crippen molar-refractivity contribution in [2.75, 3.05) is 31.1 Å². The Hall–Kier alpha value is -2.46. The lowest BCUT2D eigenvalue weighted by atomic mass is 10.1. The third-order valence-electron chi connectivity index (χ3n) is 5.07. The smallest absolute Gasteiger partial charge is 0.289 e. The van der Waals surface area contributed by atoms with E-state index in [1.165, 1.54) is 16.4 Å². The van der Waals surface area contributed by atoms with Crippen LogP contribution in [0.25, 0.3) is 10.9 Å². The molecule has 3 aromatic rings. The Balaban J connectivity index is 1.56. The predicted octanol–water partition coefficient (Wildman–Crippen LogP) is 3.38. The zero-order valence-electron chi connectivity index (χ0n) is 15.6. The van der Waals surface area contributed by atoms with Crippen molar-refractivity contribution in [3.05, 3.63) is 68.8 Å². The van der Waals surface area contributed by atoms with Crippen LogP contribution in [0.2, 0.25) is 10.0 Å². The van der Waals surface area contributed by atoms with Crippen LogP contribution in [-0.2, 0) is 10.0 Å². The van der Waals surface area contributed by atoms with Crippen LogP contribution in [-0.4, -0.2) is 43.8 Å². The molecule has 8 nitrogen and oxygen atoms in total. The Morgan fingerprint density at radius 3 is 2.43 bits per heavy atom. The molecule has 0 atom stereocenters. The number of nitrogens with zero attached hydrogens (tertiary/aromatic N) is 3. The first-order valence-electron chi connectivity index (χ1n) is 9.06. The quantitative estimate of drug-likeness (QED) is 0.432. The van der Waals surface area contributed by atoms with Crippen LogP contribution in [0.5, 0.6) is 0 Å². The number of pyridine rings is 1. The summed E-state index contributed by atoms with van der Waals surface area (Å²) in [5, 5.41) is 12.6. The second-order valence-corrected chi connectivity index (χ2v) is 9.60. The summed E-state index contributed by atoms with van der Waals surface area (Å²) in [6, 6.07) is 11.1. The number of hydrogen-bond donors (Lipinski definition) is 0. The molecule has 1 saturated heterocycles. The van der Waals surface area contributed by atoms with Crippen molar-refractivity contribution in [1.29, 1.82) is 0 Å². The Labute approximate surface area is 182 Å². The summed E-state index contributed by atoms with van der Waals surface area (Å²) in [5.41, 5.74) is 1.45. The van der Waals surface area contributed by atoms with E-state index in [1.807, 2.05) is 30.5 Å². The fraction of sp³-hybridized carbons (Fsp3) is 0.211. The summed E-state index contributed by atoms with van der Waals surface area (Å²) in [4.78, 5) is 15.5. The molecule has 1 fully saturated rings. The summed E-state index contributed by atoms with van der Waals surface area (Å²) in [6.45, 7) is 1.48. The number of hydrogen-bond acceptors (Lipinski definition) is 5. The third kappa shape index (κ3) is 3.81. The Kier molecular flexibility index (Phi) is 5.54. The maximum absolute atomic E-state index is 13.0. The Morgan fingerprint density at radius 2 is 1.73 bits per heavy atom. The zero-order chi connectivity index (χ0) is 21.5. The summed E-state index contributed by atoms with van der Waals surface area (Å²) >= 11 is 11.9. The van der Waals surface area contributed by atoms with Gasteiger partial charge in [0.25, 0.3) is 5.69 Å². The molecule has 30 heavy (non-hydrogen) atoms. The molecular weight excluding hydrogens is 451 g/mol. The third-order valence-corrected chi connectivity index (χ3v) is 7.52. The normalized spacial score (nSPS) is 15.5. The van der Waals surface area contributed by atoms with Gasteiger partial charge in [-0.15, -0.1) is 0 Å². The molecule has 0 saturated carbocycles. The first-order valence-corrected chi connectivity index (χ1v) is 11.3. The number of sulfonamides is 1. The number of nitro groups is 1. The highest BCUT2D eigenvalue weighted by Crippen LogP contribution is 2.30. The minimum absolute atomic E-state index is 0.100. The molecule has 1 aliphatic heterocycles. The van der Waals surface area contributed by atoms with Crippen LogP contribution >= 0.6 is 23.2 Å². The lowest BCUT2D eigenvalue weighted by molar-refractivity contribution is -0.384. The number of nitrogens with one attached hydrogen (secondary N) is 1. The van der Waals surface area contributed by atoms with Gasteiger partial charge in [0.05, 0.1) is 20.9 Å². The molecule has 0 bridgehead atoms. The largest absolute Gasteiger partial charge is 0.368 e. The van der Waals surface area contributed by atoms with Gasteiger partial charge >= 0.3 is 0 Å². The van der Waals surface area contributed by atoms with Crippen molar-refractivity contribution in [3.8, 4) is 0 Å². The average Bonchev–Trinajstić information content (AvgIpc) is 2.73. The van der Waals surface area contributed by atoms with Gasteiger partial charge < -0.3 is 4.90 Å². The van der Waals surface area contributed by atoms with E-state index in [1.54, 1.807) is 0 Å². The average molecular weight is 468 g/mol. The summed E-state index contributed by atoms with van der Waals surface area (Å²) < 4.78 is 27.3. The molecule has 0 amide bonds. The number of anilines is 1. The number of halogens is 2. The number of fused-ring (bicyclic) bond motifs is 1. The predicted molar refractivity (Wildman–Crippen MR) is 115 cm³/mol. The molecule has 0 spiro atoms. The van der Waals surface area contributed by atoms with Crippen LogP contribution in [0.1, 0.15) is 0 Å². The number of nitro benzene ring substituents is 1. The van der Waals surface area contributed by atoms with Crippen LogP contribution in [0, 0.1) is 10.1 Å². The van der Waals surface area contributed by atoms with Gasteiger partial charge in [-0.25, -0.2) is 13.4 Å². The molecule has 2 aromatic carbocycles. The molecule has 0 unspecified atom stereocenters. The van der Waals surface area contributed by atoms with Crippen molar-refractivity contribution < 1.29 is 18.3 Å². The highest BCUT2D eigenvalue weighted by atomic mass is 35.5. The number of benzene rings is 2. The number of aromatic nitrogens is 1. The summed E-state index contributed by atoms with van der Waals surface area (Å²) in [5.74, 6) is 0. The van der Waals surface area contributed by atoms with Crippen molar-refractivity contribution in [1.82, 2.24) is 4.31 Å². The number of H-pyrrole nitrogens is 1. The van der Waals surface area contributed by atoms with E-state index in [0.29, 0.717) is 18.1 Å². The minimum Gasteiger partial charge on any atom is -0.368 e. The van der Waals surface area contributed by atoms with Crippen molar-refractivity contribution in [2.24, 2.45) is 0 Å². The molecule has 0 radical (unpaired) electrons. The summed E-state index contributed by atoms with van der Waals surface area (Å²) in [6.07, 6.45) is 1.82. The molecule has 11 heteroatoms. The molecule has 1 aromatic heterocycles. The van der Waals surface area contributed by atoms with Crippen LogP contribution in [0.4, 0.5) is 11.4 Å². The van der Waals surface area contributed by atoms with Gasteiger partial charge in [-0.1, -0.05) is 23.2 Å². The van der Waals surface area contributed by atoms with E-state index >= 15 is 0 Å². The van der Waals surface area contributed by atoms with Gasteiger partial charge in [0.15, 0.2) is 6.20 Å². The number of rotatable bonds is 4. The molecule has 4 rings (SSSR count). The van der Waals surface area contributed by atoms with E-state index in [-0.39, 0.29) is 23.0 Å². The molecule has 0 aliphatic carbocycles. The van der Waals surface area contributed by atoms with E-state index in [4.69, 9.17) is 23.2 Å². The Morgan fingerprint density at radius 1 is 1.00 bits per heavy atom. The molecule has 1 N–H and O–H groups in total. The topological polar surface area (TPSA) is 97.9 Å². The van der Waals surface area contributed by atoms with Gasteiger partial charge in [-0.2, -0.15) is 4.31 Å². The van der Waals surface area contributed by atoms with Gasteiger partial charge in [0.1, 0.15) is 5.02 Å².